The number of halogens is 4. The van der Waals surface area contributed by atoms with Gasteiger partial charge in [-0.3, -0.25) is 0 Å². The van der Waals surface area contributed by atoms with E-state index in [1.165, 1.54) is 12.1 Å². The average Bonchev–Trinajstić information content (AvgIpc) is 2.13. The van der Waals surface area contributed by atoms with Gasteiger partial charge < -0.3 is 0 Å². The number of benzene rings is 1. The summed E-state index contributed by atoms with van der Waals surface area (Å²) >= 11 is 0. The third kappa shape index (κ3) is 1.13. The molecule has 1 aromatic rings. The van der Waals surface area contributed by atoms with Crippen LogP contribution in [0.1, 0.15) is 17.5 Å². The highest BCUT2D eigenvalue weighted by Crippen LogP contribution is 2.49. The zero-order chi connectivity index (χ0) is 10.4. The van der Waals surface area contributed by atoms with Crippen molar-refractivity contribution in [3.8, 4) is 0 Å². The van der Waals surface area contributed by atoms with Gasteiger partial charge in [-0.15, -0.1) is 0 Å². The molecule has 0 aliphatic heterocycles. The highest BCUT2D eigenvalue weighted by atomic mass is 19.3. The lowest BCUT2D eigenvalue weighted by Gasteiger charge is -2.32. The van der Waals surface area contributed by atoms with Crippen molar-refractivity contribution in [3.05, 3.63) is 35.4 Å². The first-order valence-electron chi connectivity index (χ1n) is 4.29. The summed E-state index contributed by atoms with van der Waals surface area (Å²) < 4.78 is 52.3. The van der Waals surface area contributed by atoms with Crippen molar-refractivity contribution in [2.45, 2.75) is 24.7 Å². The van der Waals surface area contributed by atoms with Gasteiger partial charge in [0.05, 0.1) is 0 Å². The first-order valence-corrected chi connectivity index (χ1v) is 4.29. The Labute approximate surface area is 78.5 Å². The minimum absolute atomic E-state index is 0.0127. The van der Waals surface area contributed by atoms with Gasteiger partial charge in [-0.25, -0.2) is 0 Å². The van der Waals surface area contributed by atoms with Crippen molar-refractivity contribution in [3.63, 3.8) is 0 Å². The van der Waals surface area contributed by atoms with E-state index in [4.69, 9.17) is 0 Å². The summed E-state index contributed by atoms with van der Waals surface area (Å²) in [6.45, 7) is 0. The van der Waals surface area contributed by atoms with Crippen LogP contribution in [0.15, 0.2) is 24.3 Å². The summed E-state index contributed by atoms with van der Waals surface area (Å²) in [6.07, 6.45) is -0.768. The molecule has 0 saturated carbocycles. The number of hydrogen-bond acceptors (Lipinski definition) is 0. The summed E-state index contributed by atoms with van der Waals surface area (Å²) in [7, 11) is 0. The van der Waals surface area contributed by atoms with E-state index < -0.39 is 23.8 Å². The molecule has 1 aliphatic rings. The molecule has 0 saturated heterocycles. The topological polar surface area (TPSA) is 0 Å². The van der Waals surface area contributed by atoms with Crippen LogP contribution in [0, 0.1) is 0 Å². The lowest BCUT2D eigenvalue weighted by molar-refractivity contribution is -0.224. The van der Waals surface area contributed by atoms with Crippen molar-refractivity contribution in [2.24, 2.45) is 0 Å². The van der Waals surface area contributed by atoms with Gasteiger partial charge in [0, 0.05) is 12.0 Å². The van der Waals surface area contributed by atoms with Crippen molar-refractivity contribution in [1.82, 2.24) is 0 Å². The van der Waals surface area contributed by atoms with Crippen LogP contribution in [-0.2, 0) is 12.3 Å². The smallest absolute Gasteiger partial charge is 0.199 e. The van der Waals surface area contributed by atoms with E-state index in [2.05, 4.69) is 0 Å². The van der Waals surface area contributed by atoms with Crippen LogP contribution in [-0.4, -0.2) is 5.92 Å². The Hall–Kier alpha value is -1.06. The first kappa shape index (κ1) is 9.49. The zero-order valence-electron chi connectivity index (χ0n) is 7.24. The summed E-state index contributed by atoms with van der Waals surface area (Å²) in [4.78, 5) is 0. The van der Waals surface area contributed by atoms with E-state index in [0.29, 0.717) is 5.56 Å². The fraction of sp³-hybridized carbons (Fsp3) is 0.400. The Morgan fingerprint density at radius 3 is 2.36 bits per heavy atom. The standard InChI is InChI=1S/C10H8F4/c11-9(12)6-5-7-3-1-2-4-8(7)10(9,13)14/h1-4H,5-6H2. The first-order chi connectivity index (χ1) is 6.45. The van der Waals surface area contributed by atoms with E-state index in [1.54, 1.807) is 6.07 Å². The molecule has 0 N–H and O–H groups in total. The fourth-order valence-corrected chi connectivity index (χ4v) is 1.69. The number of alkyl halides is 4. The predicted molar refractivity (Wildman–Crippen MR) is 43.6 cm³/mol. The Bertz CT molecular complexity index is 357. The zero-order valence-corrected chi connectivity index (χ0v) is 7.24. The molecule has 0 radical (unpaired) electrons. The van der Waals surface area contributed by atoms with Crippen LogP contribution in [0.2, 0.25) is 0 Å². The summed E-state index contributed by atoms with van der Waals surface area (Å²) in [6, 6.07) is 5.48. The van der Waals surface area contributed by atoms with Crippen LogP contribution in [0.25, 0.3) is 0 Å². The molecule has 0 aromatic heterocycles. The maximum absolute atomic E-state index is 13.2. The Balaban J connectivity index is 2.57. The van der Waals surface area contributed by atoms with E-state index in [-0.39, 0.29) is 6.42 Å². The monoisotopic (exact) mass is 204 g/mol. The molecule has 0 spiro atoms. The van der Waals surface area contributed by atoms with Gasteiger partial charge in [0.2, 0.25) is 0 Å². The molecule has 14 heavy (non-hydrogen) atoms. The normalized spacial score (nSPS) is 22.9. The second-order valence-electron chi connectivity index (χ2n) is 3.44. The van der Waals surface area contributed by atoms with Gasteiger partial charge in [0.25, 0.3) is 0 Å². The number of aryl methyl sites for hydroxylation is 1. The minimum Gasteiger partial charge on any atom is -0.199 e. The second-order valence-corrected chi connectivity index (χ2v) is 3.44. The molecular formula is C10H8F4. The van der Waals surface area contributed by atoms with Crippen LogP contribution < -0.4 is 0 Å². The van der Waals surface area contributed by atoms with E-state index in [1.807, 2.05) is 0 Å². The van der Waals surface area contributed by atoms with Gasteiger partial charge in [-0.1, -0.05) is 24.3 Å². The van der Waals surface area contributed by atoms with Crippen LogP contribution in [0.4, 0.5) is 17.6 Å². The maximum atomic E-state index is 13.2. The summed E-state index contributed by atoms with van der Waals surface area (Å²) in [5, 5.41) is 0. The molecule has 0 unspecified atom stereocenters. The lowest BCUT2D eigenvalue weighted by Crippen LogP contribution is -2.42. The Kier molecular flexibility index (Phi) is 1.84. The SMILES string of the molecule is FC1(F)CCc2ccccc2C1(F)F. The molecule has 0 nitrogen and oxygen atoms in total. The molecule has 0 amide bonds. The molecule has 0 heterocycles. The third-order valence-electron chi connectivity index (χ3n) is 2.52. The third-order valence-corrected chi connectivity index (χ3v) is 2.52. The molecule has 1 aliphatic carbocycles. The van der Waals surface area contributed by atoms with Crippen LogP contribution in [0.3, 0.4) is 0 Å². The number of hydrogen-bond donors (Lipinski definition) is 0. The second kappa shape index (κ2) is 2.72. The quantitative estimate of drug-likeness (QED) is 0.568. The molecule has 0 bridgehead atoms. The molecule has 1 aromatic carbocycles. The summed E-state index contributed by atoms with van der Waals surface area (Å²) in [5.41, 5.74) is -0.209. The highest BCUT2D eigenvalue weighted by Gasteiger charge is 2.59. The molecule has 0 atom stereocenters. The Morgan fingerprint density at radius 2 is 1.64 bits per heavy atom. The van der Waals surface area contributed by atoms with E-state index in [9.17, 15) is 17.6 Å². The van der Waals surface area contributed by atoms with Crippen LogP contribution >= 0.6 is 0 Å². The number of fused-ring (bicyclic) bond motifs is 1. The summed E-state index contributed by atoms with van der Waals surface area (Å²) in [5.74, 6) is -7.94. The molecule has 0 fully saturated rings. The van der Waals surface area contributed by atoms with E-state index in [0.717, 1.165) is 6.07 Å². The van der Waals surface area contributed by atoms with Gasteiger partial charge >= 0.3 is 11.8 Å². The van der Waals surface area contributed by atoms with Crippen molar-refractivity contribution < 1.29 is 17.6 Å². The molecule has 2 rings (SSSR count). The van der Waals surface area contributed by atoms with Crippen LogP contribution in [0.5, 0.6) is 0 Å². The van der Waals surface area contributed by atoms with Crippen molar-refractivity contribution in [2.75, 3.05) is 0 Å². The fourth-order valence-electron chi connectivity index (χ4n) is 1.69. The van der Waals surface area contributed by atoms with Gasteiger partial charge in [-0.05, 0) is 12.0 Å². The van der Waals surface area contributed by atoms with Crippen molar-refractivity contribution >= 4 is 0 Å². The lowest BCUT2D eigenvalue weighted by atomic mass is 9.86. The highest BCUT2D eigenvalue weighted by molar-refractivity contribution is 5.35. The average molecular weight is 204 g/mol. The predicted octanol–water partition coefficient (Wildman–Crippen LogP) is 3.36. The van der Waals surface area contributed by atoms with Gasteiger partial charge in [-0.2, -0.15) is 17.6 Å². The van der Waals surface area contributed by atoms with Crippen molar-refractivity contribution in [1.29, 1.82) is 0 Å². The minimum atomic E-state index is -4.03. The van der Waals surface area contributed by atoms with Gasteiger partial charge in [0.15, 0.2) is 0 Å². The van der Waals surface area contributed by atoms with Gasteiger partial charge in [0.1, 0.15) is 0 Å². The molecular weight excluding hydrogens is 196 g/mol. The maximum Gasteiger partial charge on any atom is 0.335 e. The molecule has 4 heteroatoms. The molecule has 76 valence electrons. The Morgan fingerprint density at radius 1 is 1.00 bits per heavy atom. The number of rotatable bonds is 0. The largest absolute Gasteiger partial charge is 0.335 e. The van der Waals surface area contributed by atoms with E-state index >= 15 is 0 Å².